The third kappa shape index (κ3) is 1.52. The second kappa shape index (κ2) is 4.23. The van der Waals surface area contributed by atoms with Crippen molar-refractivity contribution in [3.8, 4) is 0 Å². The summed E-state index contributed by atoms with van der Waals surface area (Å²) < 4.78 is 2.53. The smallest absolute Gasteiger partial charge is 0.0761 e. The van der Waals surface area contributed by atoms with Crippen LogP contribution < -0.4 is 0 Å². The first-order chi connectivity index (χ1) is 10.4. The molecule has 1 aromatic heterocycles. The molecule has 21 heavy (non-hydrogen) atoms. The molecule has 2 aliphatic carbocycles. The Morgan fingerprint density at radius 3 is 3.14 bits per heavy atom. The molecule has 2 aliphatic heterocycles. The van der Waals surface area contributed by atoms with E-state index in [9.17, 15) is 0 Å². The van der Waals surface area contributed by atoms with Gasteiger partial charge >= 0.3 is 0 Å². The Balaban J connectivity index is 1.75. The number of aliphatic imine (C=N–C) groups is 1. The molecule has 0 saturated carbocycles. The maximum Gasteiger partial charge on any atom is 0.0761 e. The highest BCUT2D eigenvalue weighted by Gasteiger charge is 2.41. The average Bonchev–Trinajstić information content (AvgIpc) is 2.94. The number of aromatic nitrogens is 1. The molecule has 0 amide bonds. The van der Waals surface area contributed by atoms with Gasteiger partial charge in [-0.2, -0.15) is 0 Å². The molecule has 4 atom stereocenters. The largest absolute Gasteiger partial charge is 0.362 e. The Labute approximate surface area is 125 Å². The molecule has 0 N–H and O–H groups in total. The summed E-state index contributed by atoms with van der Waals surface area (Å²) in [4.78, 5) is 7.00. The van der Waals surface area contributed by atoms with Crippen LogP contribution >= 0.6 is 0 Å². The number of allylic oxidation sites excluding steroid dienone is 2. The number of fused-ring (bicyclic) bond motifs is 5. The van der Waals surface area contributed by atoms with Crippen molar-refractivity contribution in [3.05, 3.63) is 60.2 Å². The number of hydrogen-bond donors (Lipinski definition) is 0. The van der Waals surface area contributed by atoms with Crippen LogP contribution in [-0.2, 0) is 6.42 Å². The summed E-state index contributed by atoms with van der Waals surface area (Å²) in [6.07, 6.45) is 21.5. The molecule has 3 heteroatoms. The third-order valence-corrected chi connectivity index (χ3v) is 5.38. The minimum absolute atomic E-state index is 0.362. The molecule has 0 bridgehead atoms. The molecule has 5 rings (SSSR count). The Kier molecular flexibility index (Phi) is 2.34. The fourth-order valence-corrected chi connectivity index (χ4v) is 4.47. The summed E-state index contributed by atoms with van der Waals surface area (Å²) in [5.74, 6) is 0.427. The van der Waals surface area contributed by atoms with E-state index in [2.05, 4.69) is 63.4 Å². The van der Waals surface area contributed by atoms with E-state index < -0.39 is 0 Å². The molecule has 4 unspecified atom stereocenters. The average molecular weight is 277 g/mol. The van der Waals surface area contributed by atoms with Crippen LogP contribution in [0.3, 0.4) is 0 Å². The van der Waals surface area contributed by atoms with E-state index in [1.807, 2.05) is 6.20 Å². The first-order valence-corrected chi connectivity index (χ1v) is 7.94. The van der Waals surface area contributed by atoms with Gasteiger partial charge in [-0.1, -0.05) is 24.3 Å². The maximum absolute atomic E-state index is 4.44. The van der Waals surface area contributed by atoms with Crippen LogP contribution in [0.1, 0.15) is 36.1 Å². The van der Waals surface area contributed by atoms with Gasteiger partial charge in [-0.15, -0.1) is 0 Å². The van der Waals surface area contributed by atoms with Gasteiger partial charge in [-0.05, 0) is 30.9 Å². The van der Waals surface area contributed by atoms with Crippen molar-refractivity contribution in [2.75, 3.05) is 0 Å². The maximum atomic E-state index is 4.44. The SMILES string of the molecule is C1=CC2C(CC1)N1C=CN=CC1C1C=CCc3ccn2c31. The Bertz CT molecular complexity index is 691. The highest BCUT2D eigenvalue weighted by atomic mass is 15.3. The summed E-state index contributed by atoms with van der Waals surface area (Å²) in [5, 5.41) is 0. The Morgan fingerprint density at radius 2 is 2.14 bits per heavy atom. The summed E-state index contributed by atoms with van der Waals surface area (Å²) in [6.45, 7) is 0. The highest BCUT2D eigenvalue weighted by Crippen LogP contribution is 2.43. The fraction of sp³-hybridized carbons (Fsp3) is 0.389. The zero-order valence-corrected chi connectivity index (χ0v) is 12.0. The zero-order chi connectivity index (χ0) is 13.8. The molecular weight excluding hydrogens is 258 g/mol. The molecule has 3 heterocycles. The van der Waals surface area contributed by atoms with Gasteiger partial charge in [0.15, 0.2) is 0 Å². The lowest BCUT2D eigenvalue weighted by atomic mass is 9.87. The van der Waals surface area contributed by atoms with Crippen molar-refractivity contribution >= 4 is 6.21 Å². The van der Waals surface area contributed by atoms with E-state index in [1.165, 1.54) is 24.1 Å². The van der Waals surface area contributed by atoms with Crippen LogP contribution in [0.25, 0.3) is 0 Å². The fourth-order valence-electron chi connectivity index (χ4n) is 4.47. The van der Waals surface area contributed by atoms with E-state index in [1.54, 1.807) is 0 Å². The van der Waals surface area contributed by atoms with Crippen LogP contribution in [0.15, 0.2) is 54.0 Å². The predicted molar refractivity (Wildman–Crippen MR) is 84.5 cm³/mol. The molecule has 1 aromatic rings. The minimum Gasteiger partial charge on any atom is -0.362 e. The van der Waals surface area contributed by atoms with Gasteiger partial charge in [0.05, 0.1) is 18.1 Å². The van der Waals surface area contributed by atoms with E-state index >= 15 is 0 Å². The van der Waals surface area contributed by atoms with E-state index in [0.29, 0.717) is 24.0 Å². The topological polar surface area (TPSA) is 20.5 Å². The molecule has 0 radical (unpaired) electrons. The number of rotatable bonds is 0. The van der Waals surface area contributed by atoms with Gasteiger partial charge in [0.25, 0.3) is 0 Å². The van der Waals surface area contributed by atoms with Crippen molar-refractivity contribution in [1.29, 1.82) is 0 Å². The zero-order valence-electron chi connectivity index (χ0n) is 12.0. The van der Waals surface area contributed by atoms with Gasteiger partial charge in [-0.3, -0.25) is 4.99 Å². The van der Waals surface area contributed by atoms with E-state index in [4.69, 9.17) is 0 Å². The highest BCUT2D eigenvalue weighted by molar-refractivity contribution is 5.70. The van der Waals surface area contributed by atoms with Crippen molar-refractivity contribution in [3.63, 3.8) is 0 Å². The monoisotopic (exact) mass is 277 g/mol. The third-order valence-electron chi connectivity index (χ3n) is 5.38. The minimum atomic E-state index is 0.362. The van der Waals surface area contributed by atoms with Crippen molar-refractivity contribution in [2.24, 2.45) is 4.99 Å². The predicted octanol–water partition coefficient (Wildman–Crippen LogP) is 3.18. The summed E-state index contributed by atoms with van der Waals surface area (Å²) in [5.41, 5.74) is 3.00. The van der Waals surface area contributed by atoms with Gasteiger partial charge in [0, 0.05) is 36.4 Å². The first-order valence-electron chi connectivity index (χ1n) is 7.94. The second-order valence-electron chi connectivity index (χ2n) is 6.39. The quantitative estimate of drug-likeness (QED) is 0.667. The number of nitrogens with zero attached hydrogens (tertiary/aromatic N) is 3. The summed E-state index contributed by atoms with van der Waals surface area (Å²) in [6, 6.07) is 3.67. The molecule has 0 aromatic carbocycles. The Hall–Kier alpha value is -2.03. The first kappa shape index (κ1) is 11.6. The van der Waals surface area contributed by atoms with Crippen LogP contribution in [0, 0.1) is 0 Å². The summed E-state index contributed by atoms with van der Waals surface area (Å²) >= 11 is 0. The van der Waals surface area contributed by atoms with Gasteiger partial charge in [-0.25, -0.2) is 0 Å². The number of hydrogen-bond acceptors (Lipinski definition) is 2. The molecule has 0 spiro atoms. The van der Waals surface area contributed by atoms with E-state index in [-0.39, 0.29) is 0 Å². The Morgan fingerprint density at radius 1 is 1.14 bits per heavy atom. The van der Waals surface area contributed by atoms with Crippen LogP contribution in [0.4, 0.5) is 0 Å². The molecule has 4 aliphatic rings. The van der Waals surface area contributed by atoms with Crippen LogP contribution in [-0.4, -0.2) is 27.8 Å². The molecule has 106 valence electrons. The van der Waals surface area contributed by atoms with Gasteiger partial charge in [0.2, 0.25) is 0 Å². The van der Waals surface area contributed by atoms with Gasteiger partial charge < -0.3 is 9.47 Å². The van der Waals surface area contributed by atoms with Gasteiger partial charge in [0.1, 0.15) is 0 Å². The summed E-state index contributed by atoms with van der Waals surface area (Å²) in [7, 11) is 0. The standard InChI is InChI=1S/C18H19N3/c1-2-7-16-15(6-1)20-11-9-19-12-17(20)14-5-3-4-13-8-10-21(16)18(13)14/h2-3,5,7-12,14-17H,1,4,6H2. The van der Waals surface area contributed by atoms with Crippen LogP contribution in [0.2, 0.25) is 0 Å². The molecule has 3 nitrogen and oxygen atoms in total. The lowest BCUT2D eigenvalue weighted by Crippen LogP contribution is -2.45. The van der Waals surface area contributed by atoms with Crippen LogP contribution in [0.5, 0.6) is 0 Å². The lowest BCUT2D eigenvalue weighted by molar-refractivity contribution is 0.196. The lowest BCUT2D eigenvalue weighted by Gasteiger charge is -2.40. The normalized spacial score (nSPS) is 35.1. The van der Waals surface area contributed by atoms with Crippen molar-refractivity contribution < 1.29 is 0 Å². The molecular formula is C18H19N3. The van der Waals surface area contributed by atoms with Crippen molar-refractivity contribution in [1.82, 2.24) is 9.47 Å². The van der Waals surface area contributed by atoms with E-state index in [0.717, 1.165) is 6.42 Å². The van der Waals surface area contributed by atoms with Crippen molar-refractivity contribution in [2.45, 2.75) is 43.3 Å². The molecule has 0 fully saturated rings. The second-order valence-corrected chi connectivity index (χ2v) is 6.39. The molecule has 0 saturated heterocycles.